The summed E-state index contributed by atoms with van der Waals surface area (Å²) in [5.74, 6) is 0.103. The van der Waals surface area contributed by atoms with Crippen LogP contribution in [0.5, 0.6) is 5.75 Å². The molecule has 0 saturated heterocycles. The van der Waals surface area contributed by atoms with Crippen LogP contribution in [-0.4, -0.2) is 31.6 Å². The van der Waals surface area contributed by atoms with Gasteiger partial charge in [0, 0.05) is 11.4 Å². The molecule has 0 bridgehead atoms. The van der Waals surface area contributed by atoms with E-state index in [2.05, 4.69) is 5.32 Å². The van der Waals surface area contributed by atoms with E-state index in [9.17, 15) is 9.59 Å². The number of amides is 1. The summed E-state index contributed by atoms with van der Waals surface area (Å²) in [5, 5.41) is 3.75. The van der Waals surface area contributed by atoms with Crippen LogP contribution in [0.25, 0.3) is 11.0 Å². The fourth-order valence-electron chi connectivity index (χ4n) is 3.33. The summed E-state index contributed by atoms with van der Waals surface area (Å²) >= 11 is 0. The van der Waals surface area contributed by atoms with Crippen LogP contribution in [0.15, 0.2) is 28.7 Å². The second-order valence-electron chi connectivity index (χ2n) is 6.24. The van der Waals surface area contributed by atoms with Crippen molar-refractivity contribution in [2.45, 2.75) is 38.6 Å². The molecule has 6 heteroatoms. The van der Waals surface area contributed by atoms with Gasteiger partial charge in [-0.25, -0.2) is 0 Å². The molecule has 6 nitrogen and oxygen atoms in total. The highest BCUT2D eigenvalue weighted by molar-refractivity contribution is 5.96. The molecule has 25 heavy (non-hydrogen) atoms. The molecule has 1 heterocycles. The first-order valence-corrected chi connectivity index (χ1v) is 8.67. The Morgan fingerprint density at radius 3 is 2.80 bits per heavy atom. The third-order valence-corrected chi connectivity index (χ3v) is 4.62. The number of hydrogen-bond acceptors (Lipinski definition) is 5. The number of carbonyl (C=O) groups is 2. The molecule has 1 aliphatic carbocycles. The largest absolute Gasteiger partial charge is 0.497 e. The molecule has 2 atom stereocenters. The number of benzene rings is 1. The van der Waals surface area contributed by atoms with Crippen LogP contribution in [0, 0.1) is 5.92 Å². The highest BCUT2D eigenvalue weighted by Gasteiger charge is 2.33. The van der Waals surface area contributed by atoms with E-state index in [0.29, 0.717) is 17.9 Å². The first kappa shape index (κ1) is 17.3. The third-order valence-electron chi connectivity index (χ3n) is 4.62. The molecule has 1 saturated carbocycles. The normalized spacial score (nSPS) is 20.2. The quantitative estimate of drug-likeness (QED) is 0.841. The predicted octanol–water partition coefficient (Wildman–Crippen LogP) is 3.29. The standard InChI is InChI=1S/C19H23NO5/c1-3-24-19(22)14-6-4-5-7-15(14)20-18(21)17-11-12-10-13(23-2)8-9-16(12)25-17/h8-11,14-15H,3-7H2,1-2H3,(H,20,21). The van der Waals surface area contributed by atoms with Gasteiger partial charge in [-0.1, -0.05) is 12.8 Å². The fourth-order valence-corrected chi connectivity index (χ4v) is 3.33. The van der Waals surface area contributed by atoms with Crippen molar-refractivity contribution in [3.05, 3.63) is 30.0 Å². The highest BCUT2D eigenvalue weighted by atomic mass is 16.5. The van der Waals surface area contributed by atoms with Crippen molar-refractivity contribution in [3.63, 3.8) is 0 Å². The van der Waals surface area contributed by atoms with Crippen molar-refractivity contribution in [1.82, 2.24) is 5.32 Å². The molecular weight excluding hydrogens is 322 g/mol. The lowest BCUT2D eigenvalue weighted by molar-refractivity contribution is -0.150. The van der Waals surface area contributed by atoms with Gasteiger partial charge >= 0.3 is 5.97 Å². The van der Waals surface area contributed by atoms with Gasteiger partial charge < -0.3 is 19.2 Å². The van der Waals surface area contributed by atoms with E-state index in [0.717, 1.165) is 31.1 Å². The van der Waals surface area contributed by atoms with Gasteiger partial charge in [0.25, 0.3) is 5.91 Å². The Morgan fingerprint density at radius 2 is 2.04 bits per heavy atom. The molecule has 3 rings (SSSR count). The lowest BCUT2D eigenvalue weighted by Gasteiger charge is -2.30. The molecule has 0 aliphatic heterocycles. The summed E-state index contributed by atoms with van der Waals surface area (Å²) in [5.41, 5.74) is 0.622. The molecule has 0 spiro atoms. The Bertz CT molecular complexity index is 766. The van der Waals surface area contributed by atoms with Crippen LogP contribution in [-0.2, 0) is 9.53 Å². The number of rotatable bonds is 5. The number of hydrogen-bond donors (Lipinski definition) is 1. The van der Waals surface area contributed by atoms with Crippen molar-refractivity contribution >= 4 is 22.8 Å². The Labute approximate surface area is 146 Å². The summed E-state index contributed by atoms with van der Waals surface area (Å²) in [6.07, 6.45) is 3.46. The van der Waals surface area contributed by atoms with Gasteiger partial charge in [0.1, 0.15) is 11.3 Å². The third kappa shape index (κ3) is 3.78. The number of furan rings is 1. The van der Waals surface area contributed by atoms with Crippen LogP contribution in [0.3, 0.4) is 0 Å². The summed E-state index contributed by atoms with van der Waals surface area (Å²) < 4.78 is 16.0. The SMILES string of the molecule is CCOC(=O)C1CCCCC1NC(=O)c1cc2cc(OC)ccc2o1. The minimum Gasteiger partial charge on any atom is -0.497 e. The predicted molar refractivity (Wildman–Crippen MR) is 92.6 cm³/mol. The second kappa shape index (κ2) is 7.59. The van der Waals surface area contributed by atoms with Gasteiger partial charge in [-0.2, -0.15) is 0 Å². The first-order valence-electron chi connectivity index (χ1n) is 8.67. The van der Waals surface area contributed by atoms with Gasteiger partial charge in [-0.05, 0) is 44.0 Å². The second-order valence-corrected chi connectivity index (χ2v) is 6.24. The molecule has 1 aromatic heterocycles. The summed E-state index contributed by atoms with van der Waals surface area (Å²) in [7, 11) is 1.59. The molecule has 0 radical (unpaired) electrons. The van der Waals surface area contributed by atoms with E-state index >= 15 is 0 Å². The molecular formula is C19H23NO5. The molecule has 2 unspecified atom stereocenters. The molecule has 2 aromatic rings. The molecule has 1 amide bonds. The summed E-state index contributed by atoms with van der Waals surface area (Å²) in [4.78, 5) is 24.7. The van der Waals surface area contributed by atoms with E-state index in [-0.39, 0.29) is 29.6 Å². The molecule has 1 N–H and O–H groups in total. The van der Waals surface area contributed by atoms with E-state index in [1.807, 2.05) is 6.07 Å². The lowest BCUT2D eigenvalue weighted by Crippen LogP contribution is -2.45. The summed E-state index contributed by atoms with van der Waals surface area (Å²) in [6.45, 7) is 2.14. The Kier molecular flexibility index (Phi) is 5.26. The van der Waals surface area contributed by atoms with Gasteiger partial charge in [-0.3, -0.25) is 9.59 Å². The monoisotopic (exact) mass is 345 g/mol. The van der Waals surface area contributed by atoms with Gasteiger partial charge in [-0.15, -0.1) is 0 Å². The van der Waals surface area contributed by atoms with Crippen molar-refractivity contribution in [2.75, 3.05) is 13.7 Å². The first-order chi connectivity index (χ1) is 12.1. The van der Waals surface area contributed by atoms with Crippen molar-refractivity contribution in [2.24, 2.45) is 5.92 Å². The van der Waals surface area contributed by atoms with Gasteiger partial charge in [0.15, 0.2) is 5.76 Å². The van der Waals surface area contributed by atoms with E-state index in [1.165, 1.54) is 0 Å². The van der Waals surface area contributed by atoms with Crippen LogP contribution >= 0.6 is 0 Å². The Morgan fingerprint density at radius 1 is 1.24 bits per heavy atom. The minimum atomic E-state index is -0.309. The van der Waals surface area contributed by atoms with Crippen molar-refractivity contribution in [3.8, 4) is 5.75 Å². The molecule has 134 valence electrons. The Balaban J connectivity index is 1.75. The lowest BCUT2D eigenvalue weighted by atomic mass is 9.84. The Hall–Kier alpha value is -2.50. The maximum absolute atomic E-state index is 12.6. The zero-order chi connectivity index (χ0) is 17.8. The van der Waals surface area contributed by atoms with Gasteiger partial charge in [0.2, 0.25) is 0 Å². The van der Waals surface area contributed by atoms with Crippen LogP contribution in [0.4, 0.5) is 0 Å². The van der Waals surface area contributed by atoms with E-state index in [4.69, 9.17) is 13.9 Å². The topological polar surface area (TPSA) is 77.8 Å². The summed E-state index contributed by atoms with van der Waals surface area (Å²) in [6, 6.07) is 6.84. The molecule has 1 aromatic carbocycles. The van der Waals surface area contributed by atoms with Crippen LogP contribution < -0.4 is 10.1 Å². The highest BCUT2D eigenvalue weighted by Crippen LogP contribution is 2.27. The van der Waals surface area contributed by atoms with Crippen LogP contribution in [0.1, 0.15) is 43.2 Å². The van der Waals surface area contributed by atoms with E-state index in [1.54, 1.807) is 32.2 Å². The zero-order valence-corrected chi connectivity index (χ0v) is 14.5. The number of carbonyl (C=O) groups excluding carboxylic acids is 2. The smallest absolute Gasteiger partial charge is 0.311 e. The van der Waals surface area contributed by atoms with Crippen molar-refractivity contribution in [1.29, 1.82) is 0 Å². The van der Waals surface area contributed by atoms with Crippen molar-refractivity contribution < 1.29 is 23.5 Å². The maximum atomic E-state index is 12.6. The number of fused-ring (bicyclic) bond motifs is 1. The molecule has 1 fully saturated rings. The van der Waals surface area contributed by atoms with Crippen LogP contribution in [0.2, 0.25) is 0 Å². The fraction of sp³-hybridized carbons (Fsp3) is 0.474. The number of ether oxygens (including phenoxy) is 2. The molecule has 1 aliphatic rings. The average Bonchev–Trinajstić information content (AvgIpc) is 3.05. The number of methoxy groups -OCH3 is 1. The number of esters is 1. The van der Waals surface area contributed by atoms with Gasteiger partial charge in [0.05, 0.1) is 19.6 Å². The zero-order valence-electron chi connectivity index (χ0n) is 14.5. The average molecular weight is 345 g/mol. The minimum absolute atomic E-state index is 0.219. The maximum Gasteiger partial charge on any atom is 0.311 e. The number of nitrogens with one attached hydrogen (secondary N) is 1. The van der Waals surface area contributed by atoms with E-state index < -0.39 is 0 Å².